The molecule has 0 atom stereocenters. The predicted octanol–water partition coefficient (Wildman–Crippen LogP) is 3.50. The molecule has 0 spiro atoms. The molecule has 142 valence electrons. The van der Waals surface area contributed by atoms with Gasteiger partial charge < -0.3 is 15.2 Å². The van der Waals surface area contributed by atoms with Crippen molar-refractivity contribution in [2.75, 3.05) is 25.6 Å². The fourth-order valence-electron chi connectivity index (χ4n) is 2.70. The van der Waals surface area contributed by atoms with Gasteiger partial charge in [-0.1, -0.05) is 10.1 Å². The van der Waals surface area contributed by atoms with Crippen LogP contribution in [0.4, 0.5) is 16.5 Å². The lowest BCUT2D eigenvalue weighted by Crippen LogP contribution is -2.26. The molecule has 0 saturated carbocycles. The number of rotatable bonds is 6. The van der Waals surface area contributed by atoms with E-state index in [0.29, 0.717) is 11.7 Å². The number of aryl methyl sites for hydroxylation is 1. The number of azo groups is 1. The van der Waals surface area contributed by atoms with Gasteiger partial charge in [0.25, 0.3) is 0 Å². The van der Waals surface area contributed by atoms with Gasteiger partial charge in [-0.2, -0.15) is 0 Å². The second kappa shape index (κ2) is 7.83. The van der Waals surface area contributed by atoms with Crippen molar-refractivity contribution < 1.29 is 14.4 Å². The van der Waals surface area contributed by atoms with E-state index >= 15 is 0 Å². The zero-order chi connectivity index (χ0) is 19.5. The van der Waals surface area contributed by atoms with Gasteiger partial charge in [0.1, 0.15) is 17.0 Å². The van der Waals surface area contributed by atoms with E-state index in [1.807, 2.05) is 54.1 Å². The summed E-state index contributed by atoms with van der Waals surface area (Å²) in [6.07, 6.45) is 0. The summed E-state index contributed by atoms with van der Waals surface area (Å²) in [6, 6.07) is 13.2. The lowest BCUT2D eigenvalue weighted by atomic mass is 10.3. The lowest BCUT2D eigenvalue weighted by molar-refractivity contribution is -0.629. The van der Waals surface area contributed by atoms with E-state index in [2.05, 4.69) is 20.5 Å². The molecule has 4 aromatic rings. The summed E-state index contributed by atoms with van der Waals surface area (Å²) in [6.45, 7) is 0.604. The Hall–Kier alpha value is -3.17. The van der Waals surface area contributed by atoms with Crippen LogP contribution in [0, 0.1) is 0 Å². The Kier molecular flexibility index (Phi) is 5.09. The highest BCUT2D eigenvalue weighted by molar-refractivity contribution is 7.20. The van der Waals surface area contributed by atoms with Gasteiger partial charge in [0.15, 0.2) is 10.3 Å². The van der Waals surface area contributed by atoms with Gasteiger partial charge in [0.2, 0.25) is 0 Å². The summed E-state index contributed by atoms with van der Waals surface area (Å²) >= 11 is 1.44. The molecule has 0 fully saturated rings. The molecule has 2 N–H and O–H groups in total. The van der Waals surface area contributed by atoms with Crippen LogP contribution >= 0.6 is 11.3 Å². The third-order valence-electron chi connectivity index (χ3n) is 4.17. The molecular weight excluding hydrogens is 376 g/mol. The van der Waals surface area contributed by atoms with Crippen molar-refractivity contribution >= 4 is 49.4 Å². The first-order chi connectivity index (χ1) is 13.7. The van der Waals surface area contributed by atoms with Gasteiger partial charge in [0.05, 0.1) is 20.8 Å². The van der Waals surface area contributed by atoms with Crippen molar-refractivity contribution in [2.24, 2.45) is 17.3 Å². The number of hydrogen-bond donors (Lipinski definition) is 2. The van der Waals surface area contributed by atoms with E-state index in [4.69, 9.17) is 14.8 Å². The molecule has 0 aliphatic rings. The number of thiazole rings is 1. The highest BCUT2D eigenvalue weighted by atomic mass is 32.1. The molecule has 0 bridgehead atoms. The maximum Gasteiger partial charge on any atom is 0.347 e. The minimum absolute atomic E-state index is 0.0910. The summed E-state index contributed by atoms with van der Waals surface area (Å²) in [7, 11) is 3.53. The topological polar surface area (TPSA) is 95.9 Å². The van der Waals surface area contributed by atoms with E-state index in [0.717, 1.165) is 38.6 Å². The number of fused-ring (bicyclic) bond motifs is 2. The third kappa shape index (κ3) is 3.62. The van der Waals surface area contributed by atoms with Gasteiger partial charge in [0, 0.05) is 23.4 Å². The van der Waals surface area contributed by atoms with Crippen molar-refractivity contribution in [1.82, 2.24) is 9.97 Å². The number of aliphatic hydroxyl groups is 1. The largest absolute Gasteiger partial charge is 0.497 e. The molecule has 0 amide bonds. The Morgan fingerprint density at radius 2 is 1.93 bits per heavy atom. The highest BCUT2D eigenvalue weighted by Gasteiger charge is 2.19. The number of aliphatic hydroxyl groups excluding tert-OH is 1. The average Bonchev–Trinajstić information content (AvgIpc) is 3.04. The number of aromatic nitrogens is 3. The molecule has 8 nitrogen and oxygen atoms in total. The second-order valence-corrected chi connectivity index (χ2v) is 7.00. The molecule has 2 heterocycles. The van der Waals surface area contributed by atoms with Crippen molar-refractivity contribution in [2.45, 2.75) is 0 Å². The summed E-state index contributed by atoms with van der Waals surface area (Å²) in [5, 5.41) is 21.3. The van der Waals surface area contributed by atoms with E-state index in [9.17, 15) is 0 Å². The number of anilines is 1. The number of nitrogens with one attached hydrogen (secondary N) is 1. The van der Waals surface area contributed by atoms with Crippen molar-refractivity contribution in [3.8, 4) is 5.75 Å². The molecule has 9 heteroatoms. The van der Waals surface area contributed by atoms with Crippen LogP contribution in [0.5, 0.6) is 5.75 Å². The van der Waals surface area contributed by atoms with Gasteiger partial charge >= 0.3 is 10.8 Å². The Balaban J connectivity index is 1.64. The quantitative estimate of drug-likeness (QED) is 0.385. The van der Waals surface area contributed by atoms with E-state index in [1.165, 1.54) is 11.3 Å². The van der Waals surface area contributed by atoms with Crippen molar-refractivity contribution in [3.05, 3.63) is 42.5 Å². The normalized spacial score (nSPS) is 11.5. The second-order valence-electron chi connectivity index (χ2n) is 6.05. The van der Waals surface area contributed by atoms with E-state index in [1.54, 1.807) is 7.11 Å². The monoisotopic (exact) mass is 395 g/mol. The number of methoxy groups -OCH3 is 1. The first-order valence-corrected chi connectivity index (χ1v) is 9.50. The minimum Gasteiger partial charge on any atom is -0.497 e. The molecule has 0 aliphatic carbocycles. The van der Waals surface area contributed by atoms with Crippen LogP contribution < -0.4 is 14.6 Å². The SMILES string of the molecule is COc1ccc2nc3sc(N=Nc4ccc(NCCO)cc4)[n+](C)c3nc2c1. The van der Waals surface area contributed by atoms with Gasteiger partial charge in [-0.3, -0.25) is 0 Å². The van der Waals surface area contributed by atoms with E-state index in [-0.39, 0.29) is 6.61 Å². The fourth-order valence-corrected chi connectivity index (χ4v) is 3.60. The van der Waals surface area contributed by atoms with Crippen molar-refractivity contribution in [3.63, 3.8) is 0 Å². The Bertz CT molecular complexity index is 1160. The first kappa shape index (κ1) is 18.2. The number of hydrogen-bond acceptors (Lipinski definition) is 8. The van der Waals surface area contributed by atoms with Crippen LogP contribution in [0.2, 0.25) is 0 Å². The molecule has 0 unspecified atom stereocenters. The van der Waals surface area contributed by atoms with Crippen LogP contribution in [0.25, 0.3) is 21.5 Å². The highest BCUT2D eigenvalue weighted by Crippen LogP contribution is 2.28. The van der Waals surface area contributed by atoms with Crippen LogP contribution in [-0.2, 0) is 7.05 Å². The minimum atomic E-state index is 0.0910. The first-order valence-electron chi connectivity index (χ1n) is 8.69. The Labute approximate surface area is 165 Å². The molecule has 28 heavy (non-hydrogen) atoms. The van der Waals surface area contributed by atoms with E-state index < -0.39 is 0 Å². The maximum atomic E-state index is 8.85. The predicted molar refractivity (Wildman–Crippen MR) is 109 cm³/mol. The maximum absolute atomic E-state index is 8.85. The summed E-state index contributed by atoms with van der Waals surface area (Å²) in [5.41, 5.74) is 4.00. The van der Waals surface area contributed by atoms with Gasteiger partial charge in [-0.15, -0.1) is 0 Å². The number of benzene rings is 2. The molecule has 0 aliphatic heterocycles. The molecule has 2 aromatic heterocycles. The van der Waals surface area contributed by atoms with Crippen molar-refractivity contribution in [1.29, 1.82) is 0 Å². The number of ether oxygens (including phenoxy) is 1. The molecular formula is C19H19N6O2S+. The fraction of sp³-hybridized carbons (Fsp3) is 0.211. The molecule has 4 rings (SSSR count). The number of nitrogens with zero attached hydrogens (tertiary/aromatic N) is 5. The summed E-state index contributed by atoms with van der Waals surface area (Å²) in [5.74, 6) is 0.746. The smallest absolute Gasteiger partial charge is 0.347 e. The zero-order valence-electron chi connectivity index (χ0n) is 15.5. The van der Waals surface area contributed by atoms with Crippen LogP contribution in [-0.4, -0.2) is 35.3 Å². The molecule has 0 saturated heterocycles. The Morgan fingerprint density at radius 1 is 1.11 bits per heavy atom. The third-order valence-corrected chi connectivity index (χ3v) is 5.18. The zero-order valence-corrected chi connectivity index (χ0v) is 16.3. The summed E-state index contributed by atoms with van der Waals surface area (Å²) < 4.78 is 7.15. The van der Waals surface area contributed by atoms with Gasteiger partial charge in [-0.05, 0) is 47.7 Å². The Morgan fingerprint density at radius 3 is 2.68 bits per heavy atom. The lowest BCUT2D eigenvalue weighted by Gasteiger charge is -2.02. The molecule has 0 radical (unpaired) electrons. The van der Waals surface area contributed by atoms with Crippen LogP contribution in [0.3, 0.4) is 0 Å². The summed E-state index contributed by atoms with van der Waals surface area (Å²) in [4.78, 5) is 10.2. The standard InChI is InChI=1S/C19H18N6O2S/c1-25-17-18(22-15-8-7-14(27-2)11-16(15)21-17)28-19(25)24-23-13-5-3-12(4-6-13)20-9-10-26/h3-8,11,26H,9-10H2,1-2H3/p+1. The average molecular weight is 395 g/mol. The van der Waals surface area contributed by atoms with Crippen LogP contribution in [0.1, 0.15) is 0 Å². The van der Waals surface area contributed by atoms with Crippen LogP contribution in [0.15, 0.2) is 52.7 Å². The molecule has 2 aromatic carbocycles. The van der Waals surface area contributed by atoms with Gasteiger partial charge in [-0.25, -0.2) is 9.55 Å².